The molecular formula is C22H46N4O4. The average molecular weight is 431 g/mol. The molecule has 0 fully saturated rings. The van der Waals surface area contributed by atoms with Gasteiger partial charge in [0.2, 0.25) is 0 Å². The summed E-state index contributed by atoms with van der Waals surface area (Å²) in [5.41, 5.74) is 10.1. The van der Waals surface area contributed by atoms with E-state index in [0.717, 1.165) is 38.5 Å². The number of unbranched alkanes of at least 4 members (excludes halogenated alkanes) is 3. The average Bonchev–Trinajstić information content (AvgIpc) is 2.59. The third-order valence-electron chi connectivity index (χ3n) is 4.17. The predicted octanol–water partition coefficient (Wildman–Crippen LogP) is 3.72. The molecule has 30 heavy (non-hydrogen) atoms. The van der Waals surface area contributed by atoms with Crippen molar-refractivity contribution in [3.63, 3.8) is 0 Å². The zero-order valence-electron chi connectivity index (χ0n) is 20.2. The van der Waals surface area contributed by atoms with Crippen LogP contribution in [0.2, 0.25) is 0 Å². The normalized spacial score (nSPS) is 11.9. The molecule has 2 amide bonds. The van der Waals surface area contributed by atoms with Crippen molar-refractivity contribution in [2.24, 2.45) is 11.5 Å². The van der Waals surface area contributed by atoms with E-state index in [4.69, 9.17) is 20.9 Å². The Morgan fingerprint density at radius 2 is 0.867 bits per heavy atom. The van der Waals surface area contributed by atoms with E-state index in [1.54, 1.807) is 9.80 Å². The third kappa shape index (κ3) is 15.3. The molecule has 0 aliphatic carbocycles. The lowest BCUT2D eigenvalue weighted by molar-refractivity contribution is 0.0207. The van der Waals surface area contributed by atoms with Crippen molar-refractivity contribution in [1.29, 1.82) is 0 Å². The largest absolute Gasteiger partial charge is 0.444 e. The summed E-state index contributed by atoms with van der Waals surface area (Å²) in [6, 6.07) is 0. The van der Waals surface area contributed by atoms with Crippen molar-refractivity contribution < 1.29 is 19.1 Å². The SMILES string of the molecule is CC(C)(C)OC(=O)N(CCCCN)CCCCN(CCCCN)C(=O)OC(C)(C)C. The molecule has 0 aliphatic rings. The van der Waals surface area contributed by atoms with Gasteiger partial charge in [-0.3, -0.25) is 0 Å². The van der Waals surface area contributed by atoms with Gasteiger partial charge in [-0.05, 0) is 93.2 Å². The summed E-state index contributed by atoms with van der Waals surface area (Å²) in [7, 11) is 0. The number of amides is 2. The fraction of sp³-hybridized carbons (Fsp3) is 0.909. The molecule has 0 unspecified atom stereocenters. The van der Waals surface area contributed by atoms with Crippen molar-refractivity contribution in [1.82, 2.24) is 9.80 Å². The Hall–Kier alpha value is -1.54. The molecule has 0 aromatic carbocycles. The van der Waals surface area contributed by atoms with Crippen molar-refractivity contribution >= 4 is 12.2 Å². The zero-order valence-corrected chi connectivity index (χ0v) is 20.2. The molecular weight excluding hydrogens is 384 g/mol. The predicted molar refractivity (Wildman–Crippen MR) is 121 cm³/mol. The van der Waals surface area contributed by atoms with Crippen molar-refractivity contribution in [3.05, 3.63) is 0 Å². The van der Waals surface area contributed by atoms with Gasteiger partial charge in [0.15, 0.2) is 0 Å². The van der Waals surface area contributed by atoms with E-state index >= 15 is 0 Å². The second-order valence-corrected chi connectivity index (χ2v) is 9.63. The van der Waals surface area contributed by atoms with Crippen LogP contribution in [0, 0.1) is 0 Å². The Morgan fingerprint density at radius 3 is 1.10 bits per heavy atom. The number of nitrogens with two attached hydrogens (primary N) is 2. The van der Waals surface area contributed by atoms with Crippen molar-refractivity contribution in [2.45, 2.75) is 91.3 Å². The topological polar surface area (TPSA) is 111 Å². The minimum atomic E-state index is -0.528. The molecule has 0 saturated heterocycles. The number of nitrogens with zero attached hydrogens (tertiary/aromatic N) is 2. The Balaban J connectivity index is 4.71. The summed E-state index contributed by atoms with van der Waals surface area (Å²) >= 11 is 0. The van der Waals surface area contributed by atoms with Gasteiger partial charge in [-0.25, -0.2) is 9.59 Å². The molecule has 0 aromatic heterocycles. The van der Waals surface area contributed by atoms with Gasteiger partial charge >= 0.3 is 12.2 Å². The molecule has 0 bridgehead atoms. The molecule has 8 heteroatoms. The Kier molecular flexibility index (Phi) is 13.7. The van der Waals surface area contributed by atoms with E-state index in [2.05, 4.69) is 0 Å². The van der Waals surface area contributed by atoms with Crippen LogP contribution in [-0.4, -0.2) is 72.5 Å². The lowest BCUT2D eigenvalue weighted by Crippen LogP contribution is -2.39. The second-order valence-electron chi connectivity index (χ2n) is 9.63. The van der Waals surface area contributed by atoms with Crippen LogP contribution in [0.25, 0.3) is 0 Å². The Labute approximate surface area is 183 Å². The number of hydrogen-bond acceptors (Lipinski definition) is 6. The highest BCUT2D eigenvalue weighted by Crippen LogP contribution is 2.13. The molecule has 0 rings (SSSR count). The van der Waals surface area contributed by atoms with Gasteiger partial charge in [0.05, 0.1) is 0 Å². The van der Waals surface area contributed by atoms with E-state index in [-0.39, 0.29) is 12.2 Å². The first-order chi connectivity index (χ1) is 13.9. The maximum absolute atomic E-state index is 12.5. The highest BCUT2D eigenvalue weighted by molar-refractivity contribution is 5.68. The maximum Gasteiger partial charge on any atom is 0.410 e. The van der Waals surface area contributed by atoms with E-state index in [1.165, 1.54) is 0 Å². The van der Waals surface area contributed by atoms with E-state index in [9.17, 15) is 9.59 Å². The van der Waals surface area contributed by atoms with Crippen LogP contribution in [0.15, 0.2) is 0 Å². The van der Waals surface area contributed by atoms with Gasteiger partial charge < -0.3 is 30.7 Å². The quantitative estimate of drug-likeness (QED) is 0.431. The molecule has 0 saturated carbocycles. The summed E-state index contributed by atoms with van der Waals surface area (Å²) in [5.74, 6) is 0. The van der Waals surface area contributed by atoms with Gasteiger partial charge in [-0.15, -0.1) is 0 Å². The van der Waals surface area contributed by atoms with Crippen LogP contribution in [0.1, 0.15) is 80.1 Å². The summed E-state index contributed by atoms with van der Waals surface area (Å²) in [6.07, 6.45) is 4.38. The zero-order chi connectivity index (χ0) is 23.2. The lowest BCUT2D eigenvalue weighted by atomic mass is 10.2. The number of hydrogen-bond donors (Lipinski definition) is 2. The van der Waals surface area contributed by atoms with Gasteiger partial charge in [0.25, 0.3) is 0 Å². The summed E-state index contributed by atoms with van der Waals surface area (Å²) in [4.78, 5) is 28.5. The van der Waals surface area contributed by atoms with Gasteiger partial charge in [-0.1, -0.05) is 0 Å². The number of ether oxygens (including phenoxy) is 2. The molecule has 0 aromatic rings. The van der Waals surface area contributed by atoms with Crippen LogP contribution in [-0.2, 0) is 9.47 Å². The summed E-state index contributed by atoms with van der Waals surface area (Å²) in [5, 5.41) is 0. The number of rotatable bonds is 13. The minimum Gasteiger partial charge on any atom is -0.444 e. The van der Waals surface area contributed by atoms with E-state index < -0.39 is 11.2 Å². The molecule has 178 valence electrons. The van der Waals surface area contributed by atoms with E-state index in [1.807, 2.05) is 41.5 Å². The molecule has 0 spiro atoms. The monoisotopic (exact) mass is 430 g/mol. The van der Waals surface area contributed by atoms with Crippen LogP contribution in [0.5, 0.6) is 0 Å². The van der Waals surface area contributed by atoms with Gasteiger partial charge in [0, 0.05) is 26.2 Å². The van der Waals surface area contributed by atoms with Crippen LogP contribution in [0.4, 0.5) is 9.59 Å². The van der Waals surface area contributed by atoms with Crippen LogP contribution < -0.4 is 11.5 Å². The molecule has 0 atom stereocenters. The fourth-order valence-electron chi connectivity index (χ4n) is 2.74. The van der Waals surface area contributed by atoms with Crippen LogP contribution in [0.3, 0.4) is 0 Å². The first kappa shape index (κ1) is 28.5. The molecule has 0 radical (unpaired) electrons. The van der Waals surface area contributed by atoms with E-state index in [0.29, 0.717) is 39.3 Å². The second kappa shape index (κ2) is 14.5. The van der Waals surface area contributed by atoms with Crippen molar-refractivity contribution in [2.75, 3.05) is 39.3 Å². The summed E-state index contributed by atoms with van der Waals surface area (Å²) < 4.78 is 11.1. The molecule has 0 aliphatic heterocycles. The Morgan fingerprint density at radius 1 is 0.600 bits per heavy atom. The van der Waals surface area contributed by atoms with Crippen LogP contribution >= 0.6 is 0 Å². The molecule has 4 N–H and O–H groups in total. The lowest BCUT2D eigenvalue weighted by Gasteiger charge is -2.29. The number of carbonyl (C=O) groups is 2. The van der Waals surface area contributed by atoms with Gasteiger partial charge in [0.1, 0.15) is 11.2 Å². The van der Waals surface area contributed by atoms with Gasteiger partial charge in [-0.2, -0.15) is 0 Å². The standard InChI is InChI=1S/C22H46N4O4/c1-21(2,3)29-19(27)25(15-9-7-13-23)17-11-12-18-26(16-10-8-14-24)20(28)30-22(4,5)6/h7-18,23-24H2,1-6H3. The summed E-state index contributed by atoms with van der Waals surface area (Å²) in [6.45, 7) is 14.8. The molecule has 0 heterocycles. The Bertz CT molecular complexity index is 443. The highest BCUT2D eigenvalue weighted by atomic mass is 16.6. The first-order valence-corrected chi connectivity index (χ1v) is 11.3. The van der Waals surface area contributed by atoms with Crippen molar-refractivity contribution in [3.8, 4) is 0 Å². The third-order valence-corrected chi connectivity index (χ3v) is 4.17. The smallest absolute Gasteiger partial charge is 0.410 e. The minimum absolute atomic E-state index is 0.300. The fourth-order valence-corrected chi connectivity index (χ4v) is 2.74. The maximum atomic E-state index is 12.5. The highest BCUT2D eigenvalue weighted by Gasteiger charge is 2.23. The first-order valence-electron chi connectivity index (χ1n) is 11.3. The molecule has 8 nitrogen and oxygen atoms in total. The number of carbonyl (C=O) groups excluding carboxylic acids is 2.